The molecule has 0 atom stereocenters. The van der Waals surface area contributed by atoms with Crippen LogP contribution in [0.3, 0.4) is 0 Å². The van der Waals surface area contributed by atoms with Crippen molar-refractivity contribution in [3.05, 3.63) is 23.9 Å². The molecular weight excluding hydrogens is 307 g/mol. The van der Waals surface area contributed by atoms with Gasteiger partial charge in [-0.25, -0.2) is 4.98 Å². The average Bonchev–Trinajstić information content (AvgIpc) is 2.55. The van der Waals surface area contributed by atoms with Crippen LogP contribution in [0.5, 0.6) is 0 Å². The van der Waals surface area contributed by atoms with Gasteiger partial charge in [0.1, 0.15) is 5.82 Å². The van der Waals surface area contributed by atoms with Crippen LogP contribution >= 0.6 is 0 Å². The Balaban J connectivity index is 1.95. The van der Waals surface area contributed by atoms with Crippen LogP contribution in [0.15, 0.2) is 18.3 Å². The third-order valence-corrected chi connectivity index (χ3v) is 4.33. The van der Waals surface area contributed by atoms with Gasteiger partial charge in [0.05, 0.1) is 5.56 Å². The van der Waals surface area contributed by atoms with Crippen LogP contribution in [-0.2, 0) is 11.0 Å². The van der Waals surface area contributed by atoms with Gasteiger partial charge in [0.2, 0.25) is 5.91 Å². The monoisotopic (exact) mass is 329 g/mol. The first-order valence-electron chi connectivity index (χ1n) is 7.93. The number of piperazine rings is 1. The van der Waals surface area contributed by atoms with Crippen molar-refractivity contribution in [2.45, 2.75) is 32.9 Å². The van der Waals surface area contributed by atoms with E-state index < -0.39 is 11.7 Å². The van der Waals surface area contributed by atoms with Crippen molar-refractivity contribution in [1.82, 2.24) is 9.88 Å². The van der Waals surface area contributed by atoms with Crippen LogP contribution in [0.4, 0.5) is 19.0 Å². The number of carbonyl (C=O) groups is 1. The Morgan fingerprint density at radius 1 is 1.17 bits per heavy atom. The Morgan fingerprint density at radius 2 is 1.78 bits per heavy atom. The van der Waals surface area contributed by atoms with E-state index in [1.807, 2.05) is 23.6 Å². The summed E-state index contributed by atoms with van der Waals surface area (Å²) in [4.78, 5) is 20.0. The summed E-state index contributed by atoms with van der Waals surface area (Å²) in [6.07, 6.45) is -1.85. The summed E-state index contributed by atoms with van der Waals surface area (Å²) in [6, 6.07) is 2.44. The van der Waals surface area contributed by atoms with E-state index in [1.165, 1.54) is 6.07 Å². The lowest BCUT2D eigenvalue weighted by atomic mass is 10.0. The van der Waals surface area contributed by atoms with Gasteiger partial charge >= 0.3 is 6.18 Å². The number of pyridine rings is 1. The molecule has 4 nitrogen and oxygen atoms in total. The van der Waals surface area contributed by atoms with Crippen LogP contribution in [0.1, 0.15) is 32.3 Å². The van der Waals surface area contributed by atoms with Gasteiger partial charge in [-0.15, -0.1) is 0 Å². The zero-order valence-electron chi connectivity index (χ0n) is 13.4. The molecule has 1 aliphatic heterocycles. The molecule has 0 aromatic carbocycles. The van der Waals surface area contributed by atoms with E-state index in [2.05, 4.69) is 4.98 Å². The predicted molar refractivity (Wildman–Crippen MR) is 82.1 cm³/mol. The van der Waals surface area contributed by atoms with E-state index in [0.717, 1.165) is 25.1 Å². The zero-order chi connectivity index (χ0) is 17.0. The Kier molecular flexibility index (Phi) is 5.49. The van der Waals surface area contributed by atoms with E-state index in [1.54, 1.807) is 0 Å². The molecule has 0 unspecified atom stereocenters. The highest BCUT2D eigenvalue weighted by atomic mass is 19.4. The molecule has 0 aliphatic carbocycles. The molecule has 0 N–H and O–H groups in total. The van der Waals surface area contributed by atoms with E-state index in [4.69, 9.17) is 0 Å². The first-order chi connectivity index (χ1) is 10.9. The standard InChI is InChI=1S/C16H22F3N3O/c1-3-12(4-2)15(23)22-9-7-21(8-10-22)14-6-5-13(11-20-14)16(17,18)19/h5-6,11-12H,3-4,7-10H2,1-2H3. The van der Waals surface area contributed by atoms with E-state index in [9.17, 15) is 18.0 Å². The van der Waals surface area contributed by atoms with Crippen LogP contribution in [0.25, 0.3) is 0 Å². The third kappa shape index (κ3) is 4.14. The van der Waals surface area contributed by atoms with Gasteiger partial charge in [-0.05, 0) is 25.0 Å². The molecule has 23 heavy (non-hydrogen) atoms. The number of anilines is 1. The van der Waals surface area contributed by atoms with Gasteiger partial charge in [0.15, 0.2) is 0 Å². The van der Waals surface area contributed by atoms with Crippen LogP contribution in [-0.4, -0.2) is 42.0 Å². The first-order valence-corrected chi connectivity index (χ1v) is 7.93. The van der Waals surface area contributed by atoms with Gasteiger partial charge in [0.25, 0.3) is 0 Å². The highest BCUT2D eigenvalue weighted by molar-refractivity contribution is 5.79. The second-order valence-electron chi connectivity index (χ2n) is 5.73. The summed E-state index contributed by atoms with van der Waals surface area (Å²) in [7, 11) is 0. The molecule has 1 aliphatic rings. The lowest BCUT2D eigenvalue weighted by molar-refractivity contribution is -0.138. The molecule has 2 heterocycles. The van der Waals surface area contributed by atoms with Crippen LogP contribution in [0.2, 0.25) is 0 Å². The maximum atomic E-state index is 12.5. The van der Waals surface area contributed by atoms with Gasteiger partial charge in [-0.3, -0.25) is 4.79 Å². The molecule has 7 heteroatoms. The number of alkyl halides is 3. The highest BCUT2D eigenvalue weighted by Gasteiger charge is 2.31. The number of hydrogen-bond donors (Lipinski definition) is 0. The second-order valence-corrected chi connectivity index (χ2v) is 5.73. The normalized spacial score (nSPS) is 16.1. The molecule has 0 spiro atoms. The largest absolute Gasteiger partial charge is 0.417 e. The quantitative estimate of drug-likeness (QED) is 0.851. The van der Waals surface area contributed by atoms with Crippen molar-refractivity contribution in [3.63, 3.8) is 0 Å². The van der Waals surface area contributed by atoms with Crippen molar-refractivity contribution < 1.29 is 18.0 Å². The number of hydrogen-bond acceptors (Lipinski definition) is 3. The maximum Gasteiger partial charge on any atom is 0.417 e. The van der Waals surface area contributed by atoms with Crippen molar-refractivity contribution in [3.8, 4) is 0 Å². The molecule has 1 aromatic heterocycles. The Hall–Kier alpha value is -1.79. The van der Waals surface area contributed by atoms with Gasteiger partial charge < -0.3 is 9.80 Å². The Morgan fingerprint density at radius 3 is 2.22 bits per heavy atom. The summed E-state index contributed by atoms with van der Waals surface area (Å²) >= 11 is 0. The van der Waals surface area contributed by atoms with Gasteiger partial charge in [-0.1, -0.05) is 13.8 Å². The van der Waals surface area contributed by atoms with Crippen LogP contribution in [0, 0.1) is 5.92 Å². The fourth-order valence-corrected chi connectivity index (χ4v) is 2.79. The number of rotatable bonds is 4. The lowest BCUT2D eigenvalue weighted by Gasteiger charge is -2.36. The zero-order valence-corrected chi connectivity index (χ0v) is 13.4. The Labute approximate surface area is 134 Å². The Bertz CT molecular complexity index is 518. The van der Waals surface area contributed by atoms with Crippen molar-refractivity contribution in [1.29, 1.82) is 0 Å². The minimum absolute atomic E-state index is 0.0609. The van der Waals surface area contributed by atoms with Crippen molar-refractivity contribution in [2.24, 2.45) is 5.92 Å². The summed E-state index contributed by atoms with van der Waals surface area (Å²) in [5.74, 6) is 0.758. The van der Waals surface area contributed by atoms with Gasteiger partial charge in [0, 0.05) is 38.3 Å². The average molecular weight is 329 g/mol. The van der Waals surface area contributed by atoms with E-state index in [-0.39, 0.29) is 11.8 Å². The molecule has 0 radical (unpaired) electrons. The fraction of sp³-hybridized carbons (Fsp3) is 0.625. The topological polar surface area (TPSA) is 36.4 Å². The number of carbonyl (C=O) groups excluding carboxylic acids is 1. The molecule has 2 rings (SSSR count). The third-order valence-electron chi connectivity index (χ3n) is 4.33. The second kappa shape index (κ2) is 7.19. The summed E-state index contributed by atoms with van der Waals surface area (Å²) in [6.45, 7) is 6.35. The highest BCUT2D eigenvalue weighted by Crippen LogP contribution is 2.29. The molecule has 0 saturated carbocycles. The van der Waals surface area contributed by atoms with Crippen LogP contribution < -0.4 is 4.90 Å². The smallest absolute Gasteiger partial charge is 0.353 e. The number of nitrogens with zero attached hydrogens (tertiary/aromatic N) is 3. The first kappa shape index (κ1) is 17.6. The molecule has 128 valence electrons. The van der Waals surface area contributed by atoms with Crippen molar-refractivity contribution in [2.75, 3.05) is 31.1 Å². The number of halogens is 3. The molecule has 1 fully saturated rings. The number of amides is 1. The van der Waals surface area contributed by atoms with E-state index in [0.29, 0.717) is 32.0 Å². The predicted octanol–water partition coefficient (Wildman–Crippen LogP) is 3.19. The molecule has 1 amide bonds. The minimum atomic E-state index is -4.37. The summed E-state index contributed by atoms with van der Waals surface area (Å²) in [5, 5.41) is 0. The minimum Gasteiger partial charge on any atom is -0.353 e. The maximum absolute atomic E-state index is 12.5. The van der Waals surface area contributed by atoms with Gasteiger partial charge in [-0.2, -0.15) is 13.2 Å². The molecule has 1 saturated heterocycles. The lowest BCUT2D eigenvalue weighted by Crippen LogP contribution is -2.50. The summed E-state index contributed by atoms with van der Waals surface area (Å²) < 4.78 is 37.6. The molecule has 0 bridgehead atoms. The molecule has 1 aromatic rings. The van der Waals surface area contributed by atoms with E-state index >= 15 is 0 Å². The SMILES string of the molecule is CCC(CC)C(=O)N1CCN(c2ccc(C(F)(F)F)cn2)CC1. The van der Waals surface area contributed by atoms with Crippen molar-refractivity contribution >= 4 is 11.7 Å². The summed E-state index contributed by atoms with van der Waals surface area (Å²) in [5.41, 5.74) is -0.746. The number of aromatic nitrogens is 1. The fourth-order valence-electron chi connectivity index (χ4n) is 2.79. The molecular formula is C16H22F3N3O.